The third-order valence-corrected chi connectivity index (χ3v) is 5.09. The lowest BCUT2D eigenvalue weighted by Gasteiger charge is -2.37. The molecule has 0 radical (unpaired) electrons. The Kier molecular flexibility index (Phi) is 5.61. The summed E-state index contributed by atoms with van der Waals surface area (Å²) in [6, 6.07) is 15.0. The highest BCUT2D eigenvalue weighted by Crippen LogP contribution is 2.34. The first-order chi connectivity index (χ1) is 12.1. The number of ether oxygens (including phenoxy) is 2. The Balaban J connectivity index is 1.77. The average Bonchev–Trinajstić information content (AvgIpc) is 2.62. The maximum atomic E-state index is 6.37. The highest BCUT2D eigenvalue weighted by Gasteiger charge is 2.27. The highest BCUT2D eigenvalue weighted by molar-refractivity contribution is 5.44. The summed E-state index contributed by atoms with van der Waals surface area (Å²) in [5, 5.41) is 0. The number of nitrogens with zero attached hydrogens (tertiary/aromatic N) is 1. The topological polar surface area (TPSA) is 47.7 Å². The minimum Gasteiger partial charge on any atom is -0.493 e. The van der Waals surface area contributed by atoms with Crippen LogP contribution in [0.15, 0.2) is 42.5 Å². The van der Waals surface area contributed by atoms with Gasteiger partial charge in [0.2, 0.25) is 0 Å². The Labute approximate surface area is 150 Å². The van der Waals surface area contributed by atoms with Gasteiger partial charge in [-0.3, -0.25) is 4.90 Å². The molecule has 3 rings (SSSR count). The molecule has 0 bridgehead atoms. The molecule has 2 N–H and O–H groups in total. The predicted octanol–water partition coefficient (Wildman–Crippen LogP) is 3.33. The second kappa shape index (κ2) is 7.89. The lowest BCUT2D eigenvalue weighted by molar-refractivity contribution is 0.181. The predicted molar refractivity (Wildman–Crippen MR) is 101 cm³/mol. The standard InChI is InChI=1S/C21H28N2O2/c1-15-6-4-5-7-17(15)12-23-13-18(10-19(22)14-23)16-8-9-20(24-2)21(11-16)25-3/h4-9,11,18-19H,10,12-14,22H2,1-3H3. The lowest BCUT2D eigenvalue weighted by Crippen LogP contribution is -2.45. The largest absolute Gasteiger partial charge is 0.493 e. The van der Waals surface area contributed by atoms with Gasteiger partial charge in [0.25, 0.3) is 0 Å². The molecule has 2 aromatic rings. The number of piperidine rings is 1. The Morgan fingerprint density at radius 1 is 1.04 bits per heavy atom. The van der Waals surface area contributed by atoms with Gasteiger partial charge in [-0.15, -0.1) is 0 Å². The molecule has 1 aliphatic rings. The van der Waals surface area contributed by atoms with Crippen LogP contribution < -0.4 is 15.2 Å². The van der Waals surface area contributed by atoms with Gasteiger partial charge < -0.3 is 15.2 Å². The monoisotopic (exact) mass is 340 g/mol. The van der Waals surface area contributed by atoms with E-state index in [1.165, 1.54) is 16.7 Å². The van der Waals surface area contributed by atoms with E-state index in [0.29, 0.717) is 5.92 Å². The van der Waals surface area contributed by atoms with Gasteiger partial charge in [-0.1, -0.05) is 30.3 Å². The molecule has 134 valence electrons. The van der Waals surface area contributed by atoms with E-state index in [9.17, 15) is 0 Å². The van der Waals surface area contributed by atoms with Crippen molar-refractivity contribution in [1.82, 2.24) is 4.90 Å². The van der Waals surface area contributed by atoms with Crippen LogP contribution in [0.2, 0.25) is 0 Å². The van der Waals surface area contributed by atoms with Crippen molar-refractivity contribution in [3.8, 4) is 11.5 Å². The van der Waals surface area contributed by atoms with Gasteiger partial charge in [-0.2, -0.15) is 0 Å². The fourth-order valence-electron chi connectivity index (χ4n) is 3.74. The first-order valence-corrected chi connectivity index (χ1v) is 8.85. The summed E-state index contributed by atoms with van der Waals surface area (Å²) in [6.07, 6.45) is 1.000. The molecule has 2 unspecified atom stereocenters. The summed E-state index contributed by atoms with van der Waals surface area (Å²) in [5.41, 5.74) is 10.4. The number of benzene rings is 2. The zero-order valence-corrected chi connectivity index (χ0v) is 15.4. The molecule has 0 aliphatic carbocycles. The van der Waals surface area contributed by atoms with Crippen molar-refractivity contribution in [3.05, 3.63) is 59.2 Å². The van der Waals surface area contributed by atoms with Gasteiger partial charge in [0.15, 0.2) is 11.5 Å². The van der Waals surface area contributed by atoms with Crippen LogP contribution >= 0.6 is 0 Å². The van der Waals surface area contributed by atoms with Crippen molar-refractivity contribution in [2.24, 2.45) is 5.73 Å². The number of aryl methyl sites for hydroxylation is 1. The van der Waals surface area contributed by atoms with Gasteiger partial charge in [0.1, 0.15) is 0 Å². The number of hydrogen-bond acceptors (Lipinski definition) is 4. The SMILES string of the molecule is COc1ccc(C2CC(N)CN(Cc3ccccc3C)C2)cc1OC. The summed E-state index contributed by atoms with van der Waals surface area (Å²) >= 11 is 0. The molecule has 4 nitrogen and oxygen atoms in total. The van der Waals surface area contributed by atoms with Gasteiger partial charge in [0, 0.05) is 25.7 Å². The molecular formula is C21H28N2O2. The third kappa shape index (κ3) is 4.14. The van der Waals surface area contributed by atoms with Crippen LogP contribution in [-0.2, 0) is 6.54 Å². The second-order valence-electron chi connectivity index (χ2n) is 6.93. The molecule has 1 saturated heterocycles. The number of rotatable bonds is 5. The van der Waals surface area contributed by atoms with Crippen LogP contribution in [0, 0.1) is 6.92 Å². The van der Waals surface area contributed by atoms with E-state index >= 15 is 0 Å². The third-order valence-electron chi connectivity index (χ3n) is 5.09. The van der Waals surface area contributed by atoms with Gasteiger partial charge in [-0.25, -0.2) is 0 Å². The van der Waals surface area contributed by atoms with E-state index in [0.717, 1.165) is 37.6 Å². The Hall–Kier alpha value is -2.04. The second-order valence-corrected chi connectivity index (χ2v) is 6.93. The Bertz CT molecular complexity index is 717. The first-order valence-electron chi connectivity index (χ1n) is 8.85. The first kappa shape index (κ1) is 17.8. The fourth-order valence-corrected chi connectivity index (χ4v) is 3.74. The number of likely N-dealkylation sites (tertiary alicyclic amines) is 1. The number of nitrogens with two attached hydrogens (primary N) is 1. The minimum atomic E-state index is 0.191. The zero-order chi connectivity index (χ0) is 17.8. The number of hydrogen-bond donors (Lipinski definition) is 1. The maximum Gasteiger partial charge on any atom is 0.160 e. The van der Waals surface area contributed by atoms with Gasteiger partial charge in [-0.05, 0) is 48.1 Å². The highest BCUT2D eigenvalue weighted by atomic mass is 16.5. The summed E-state index contributed by atoms with van der Waals surface area (Å²) in [4.78, 5) is 2.47. The molecule has 1 aliphatic heterocycles. The normalized spacial score (nSPS) is 21.1. The molecule has 4 heteroatoms. The fraction of sp³-hybridized carbons (Fsp3) is 0.429. The molecule has 2 aromatic carbocycles. The lowest BCUT2D eigenvalue weighted by atomic mass is 9.88. The van der Waals surface area contributed by atoms with Crippen molar-refractivity contribution in [2.75, 3.05) is 27.3 Å². The van der Waals surface area contributed by atoms with Crippen molar-refractivity contribution in [2.45, 2.75) is 31.8 Å². The molecule has 0 saturated carbocycles. The molecular weight excluding hydrogens is 312 g/mol. The van der Waals surface area contributed by atoms with Crippen LogP contribution in [0.5, 0.6) is 11.5 Å². The zero-order valence-electron chi connectivity index (χ0n) is 15.4. The summed E-state index contributed by atoms with van der Waals surface area (Å²) in [6.45, 7) is 5.07. The minimum absolute atomic E-state index is 0.191. The Morgan fingerprint density at radius 3 is 2.52 bits per heavy atom. The van der Waals surface area contributed by atoms with E-state index in [1.54, 1.807) is 14.2 Å². The summed E-state index contributed by atoms with van der Waals surface area (Å²) in [5.74, 6) is 1.96. The van der Waals surface area contributed by atoms with Crippen LogP contribution in [0.1, 0.15) is 29.0 Å². The van der Waals surface area contributed by atoms with Crippen LogP contribution in [0.4, 0.5) is 0 Å². The average molecular weight is 340 g/mol. The van der Waals surface area contributed by atoms with E-state index in [4.69, 9.17) is 15.2 Å². The van der Waals surface area contributed by atoms with Crippen molar-refractivity contribution in [1.29, 1.82) is 0 Å². The molecule has 1 heterocycles. The molecule has 1 fully saturated rings. The molecule has 2 atom stereocenters. The van der Waals surface area contributed by atoms with Crippen molar-refractivity contribution < 1.29 is 9.47 Å². The van der Waals surface area contributed by atoms with Gasteiger partial charge in [0.05, 0.1) is 14.2 Å². The van der Waals surface area contributed by atoms with Crippen molar-refractivity contribution in [3.63, 3.8) is 0 Å². The quantitative estimate of drug-likeness (QED) is 0.907. The molecule has 25 heavy (non-hydrogen) atoms. The molecule has 0 amide bonds. The summed E-state index contributed by atoms with van der Waals surface area (Å²) in [7, 11) is 3.34. The summed E-state index contributed by atoms with van der Waals surface area (Å²) < 4.78 is 10.8. The van der Waals surface area contributed by atoms with E-state index in [1.807, 2.05) is 6.07 Å². The van der Waals surface area contributed by atoms with Gasteiger partial charge >= 0.3 is 0 Å². The maximum absolute atomic E-state index is 6.37. The molecule has 0 aromatic heterocycles. The van der Waals surface area contributed by atoms with Crippen LogP contribution in [0.25, 0.3) is 0 Å². The van der Waals surface area contributed by atoms with Crippen LogP contribution in [-0.4, -0.2) is 38.3 Å². The van der Waals surface area contributed by atoms with E-state index in [-0.39, 0.29) is 6.04 Å². The van der Waals surface area contributed by atoms with Crippen molar-refractivity contribution >= 4 is 0 Å². The Morgan fingerprint density at radius 2 is 1.80 bits per heavy atom. The van der Waals surface area contributed by atoms with Crippen LogP contribution in [0.3, 0.4) is 0 Å². The van der Waals surface area contributed by atoms with E-state index in [2.05, 4.69) is 48.2 Å². The smallest absolute Gasteiger partial charge is 0.160 e. The number of methoxy groups -OCH3 is 2. The molecule has 0 spiro atoms. The van der Waals surface area contributed by atoms with E-state index < -0.39 is 0 Å².